The Labute approximate surface area is 114 Å². The van der Waals surface area contributed by atoms with E-state index in [4.69, 9.17) is 0 Å². The molecule has 0 atom stereocenters. The Balaban J connectivity index is 2.21. The van der Waals surface area contributed by atoms with Gasteiger partial charge in [-0.05, 0) is 18.6 Å². The van der Waals surface area contributed by atoms with Crippen LogP contribution >= 0.6 is 0 Å². The molecule has 1 saturated heterocycles. The molecule has 2 rings (SSSR count). The Morgan fingerprint density at radius 2 is 2.10 bits per heavy atom. The fourth-order valence-corrected chi connectivity index (χ4v) is 1.99. The van der Waals surface area contributed by atoms with Crippen molar-refractivity contribution in [2.24, 2.45) is 0 Å². The predicted octanol–water partition coefficient (Wildman–Crippen LogP) is 1.25. The van der Waals surface area contributed by atoms with E-state index < -0.39 is 12.5 Å². The van der Waals surface area contributed by atoms with Gasteiger partial charge in [0.05, 0.1) is 12.1 Å². The van der Waals surface area contributed by atoms with Gasteiger partial charge in [-0.2, -0.15) is 8.78 Å². The maximum Gasteiger partial charge on any atom is 0.387 e. The molecule has 0 bridgehead atoms. The van der Waals surface area contributed by atoms with Gasteiger partial charge in [-0.25, -0.2) is 0 Å². The third-order valence-electron chi connectivity index (χ3n) is 2.88. The SMILES string of the molecule is O=C1CN(C(=O)c2ccccc2OC(F)F)CCCN1. The smallest absolute Gasteiger partial charge is 0.387 e. The minimum Gasteiger partial charge on any atom is -0.434 e. The summed E-state index contributed by atoms with van der Waals surface area (Å²) in [6.07, 6.45) is 0.620. The molecule has 108 valence electrons. The number of benzene rings is 1. The first-order valence-corrected chi connectivity index (χ1v) is 6.18. The number of alkyl halides is 2. The lowest BCUT2D eigenvalue weighted by Gasteiger charge is -2.20. The number of para-hydroxylation sites is 1. The van der Waals surface area contributed by atoms with E-state index in [9.17, 15) is 18.4 Å². The molecule has 2 amide bonds. The second-order valence-electron chi connectivity index (χ2n) is 4.30. The van der Waals surface area contributed by atoms with E-state index in [1.165, 1.54) is 23.1 Å². The summed E-state index contributed by atoms with van der Waals surface area (Å²) in [5.74, 6) is -0.932. The molecule has 5 nitrogen and oxygen atoms in total. The second kappa shape index (κ2) is 6.31. The van der Waals surface area contributed by atoms with Crippen LogP contribution in [0.2, 0.25) is 0 Å². The Morgan fingerprint density at radius 1 is 1.35 bits per heavy atom. The Hall–Kier alpha value is -2.18. The highest BCUT2D eigenvalue weighted by Gasteiger charge is 2.24. The molecule has 0 saturated carbocycles. The van der Waals surface area contributed by atoms with E-state index in [1.54, 1.807) is 6.07 Å². The molecule has 0 aromatic heterocycles. The Kier molecular flexibility index (Phi) is 4.49. The van der Waals surface area contributed by atoms with Crippen molar-refractivity contribution in [3.63, 3.8) is 0 Å². The molecule has 1 aliphatic rings. The molecule has 1 heterocycles. The zero-order valence-corrected chi connectivity index (χ0v) is 10.6. The van der Waals surface area contributed by atoms with Gasteiger partial charge in [0.15, 0.2) is 0 Å². The van der Waals surface area contributed by atoms with Crippen LogP contribution in [0.15, 0.2) is 24.3 Å². The van der Waals surface area contributed by atoms with Crippen LogP contribution in [0.3, 0.4) is 0 Å². The fraction of sp³-hybridized carbons (Fsp3) is 0.385. The molecule has 1 aliphatic heterocycles. The normalized spacial score (nSPS) is 15.8. The van der Waals surface area contributed by atoms with Gasteiger partial charge >= 0.3 is 6.61 Å². The molecule has 1 aromatic rings. The van der Waals surface area contributed by atoms with Crippen molar-refractivity contribution in [1.82, 2.24) is 10.2 Å². The first-order valence-electron chi connectivity index (χ1n) is 6.18. The first kappa shape index (κ1) is 14.2. The van der Waals surface area contributed by atoms with Crippen LogP contribution in [-0.4, -0.2) is 43.0 Å². The number of hydrogen-bond acceptors (Lipinski definition) is 3. The lowest BCUT2D eigenvalue weighted by Crippen LogP contribution is -2.37. The van der Waals surface area contributed by atoms with Crippen LogP contribution in [0, 0.1) is 0 Å². The van der Waals surface area contributed by atoms with Gasteiger partial charge in [0.1, 0.15) is 5.75 Å². The maximum absolute atomic E-state index is 12.3. The minimum absolute atomic E-state index is 0.0301. The van der Waals surface area contributed by atoms with Crippen molar-refractivity contribution >= 4 is 11.8 Å². The zero-order chi connectivity index (χ0) is 14.5. The third-order valence-corrected chi connectivity index (χ3v) is 2.88. The van der Waals surface area contributed by atoms with Gasteiger partial charge in [-0.3, -0.25) is 9.59 Å². The number of hydrogen-bond donors (Lipinski definition) is 1. The predicted molar refractivity (Wildman–Crippen MR) is 66.6 cm³/mol. The van der Waals surface area contributed by atoms with Crippen LogP contribution < -0.4 is 10.1 Å². The molecule has 7 heteroatoms. The highest BCUT2D eigenvalue weighted by Crippen LogP contribution is 2.22. The topological polar surface area (TPSA) is 58.6 Å². The summed E-state index contributed by atoms with van der Waals surface area (Å²) in [6, 6.07) is 5.77. The van der Waals surface area contributed by atoms with Crippen LogP contribution in [0.1, 0.15) is 16.8 Å². The largest absolute Gasteiger partial charge is 0.434 e. The molecule has 0 spiro atoms. The van der Waals surface area contributed by atoms with Crippen LogP contribution in [0.4, 0.5) is 8.78 Å². The second-order valence-corrected chi connectivity index (χ2v) is 4.30. The Morgan fingerprint density at radius 3 is 2.85 bits per heavy atom. The standard InChI is InChI=1S/C13H14F2N2O3/c14-13(15)20-10-5-2-1-4-9(10)12(19)17-7-3-6-16-11(18)8-17/h1-2,4-5,13H,3,6-8H2,(H,16,18). The molecule has 20 heavy (non-hydrogen) atoms. The number of nitrogens with one attached hydrogen (secondary N) is 1. The van der Waals surface area contributed by atoms with Gasteiger partial charge in [0.25, 0.3) is 5.91 Å². The van der Waals surface area contributed by atoms with Crippen LogP contribution in [0.5, 0.6) is 5.75 Å². The van der Waals surface area contributed by atoms with E-state index >= 15 is 0 Å². The monoisotopic (exact) mass is 284 g/mol. The van der Waals surface area contributed by atoms with Crippen LogP contribution in [0.25, 0.3) is 0 Å². The van der Waals surface area contributed by atoms with E-state index in [1.807, 2.05) is 0 Å². The molecule has 0 radical (unpaired) electrons. The highest BCUT2D eigenvalue weighted by atomic mass is 19.3. The summed E-state index contributed by atoms with van der Waals surface area (Å²) in [6.45, 7) is -2.20. The first-order chi connectivity index (χ1) is 9.58. The highest BCUT2D eigenvalue weighted by molar-refractivity contribution is 5.98. The van der Waals surface area contributed by atoms with Gasteiger partial charge in [-0.1, -0.05) is 12.1 Å². The van der Waals surface area contributed by atoms with Gasteiger partial charge < -0.3 is 15.0 Å². The van der Waals surface area contributed by atoms with Crippen molar-refractivity contribution < 1.29 is 23.1 Å². The summed E-state index contributed by atoms with van der Waals surface area (Å²) >= 11 is 0. The van der Waals surface area contributed by atoms with E-state index in [-0.39, 0.29) is 23.8 Å². The van der Waals surface area contributed by atoms with Crippen molar-refractivity contribution in [2.75, 3.05) is 19.6 Å². The number of rotatable bonds is 3. The van der Waals surface area contributed by atoms with E-state index in [2.05, 4.69) is 10.1 Å². The van der Waals surface area contributed by atoms with E-state index in [0.717, 1.165) is 0 Å². The summed E-state index contributed by atoms with van der Waals surface area (Å²) in [4.78, 5) is 25.1. The molecule has 1 fully saturated rings. The lowest BCUT2D eigenvalue weighted by atomic mass is 10.1. The van der Waals surface area contributed by atoms with Crippen molar-refractivity contribution in [1.29, 1.82) is 0 Å². The quantitative estimate of drug-likeness (QED) is 0.908. The maximum atomic E-state index is 12.3. The van der Waals surface area contributed by atoms with Crippen LogP contribution in [-0.2, 0) is 4.79 Å². The van der Waals surface area contributed by atoms with Gasteiger partial charge in [0, 0.05) is 13.1 Å². The number of ether oxygens (including phenoxy) is 1. The number of halogens is 2. The fourth-order valence-electron chi connectivity index (χ4n) is 1.99. The third kappa shape index (κ3) is 3.43. The molecule has 1 aromatic carbocycles. The molecule has 1 N–H and O–H groups in total. The average Bonchev–Trinajstić information content (AvgIpc) is 2.62. The summed E-state index contributed by atoms with van der Waals surface area (Å²) in [5, 5.41) is 2.64. The molecule has 0 unspecified atom stereocenters. The van der Waals surface area contributed by atoms with Crippen molar-refractivity contribution in [3.8, 4) is 5.75 Å². The van der Waals surface area contributed by atoms with Gasteiger partial charge in [-0.15, -0.1) is 0 Å². The average molecular weight is 284 g/mol. The Bertz CT molecular complexity index is 508. The number of carbonyl (C=O) groups excluding carboxylic acids is 2. The number of nitrogens with zero attached hydrogens (tertiary/aromatic N) is 1. The summed E-state index contributed by atoms with van der Waals surface area (Å²) in [7, 11) is 0. The molecule has 0 aliphatic carbocycles. The van der Waals surface area contributed by atoms with Crippen molar-refractivity contribution in [3.05, 3.63) is 29.8 Å². The molecular formula is C13H14F2N2O3. The minimum atomic E-state index is -3.00. The summed E-state index contributed by atoms with van der Waals surface area (Å²) < 4.78 is 29.0. The lowest BCUT2D eigenvalue weighted by molar-refractivity contribution is -0.121. The number of amides is 2. The number of carbonyl (C=O) groups is 2. The zero-order valence-electron chi connectivity index (χ0n) is 10.6. The van der Waals surface area contributed by atoms with E-state index in [0.29, 0.717) is 19.5 Å². The summed E-state index contributed by atoms with van der Waals surface area (Å²) in [5.41, 5.74) is 0.0301. The van der Waals surface area contributed by atoms with Gasteiger partial charge in [0.2, 0.25) is 5.91 Å². The molecular weight excluding hydrogens is 270 g/mol. The van der Waals surface area contributed by atoms with Crippen molar-refractivity contribution in [2.45, 2.75) is 13.0 Å².